The van der Waals surface area contributed by atoms with Crippen LogP contribution in [0.3, 0.4) is 0 Å². The van der Waals surface area contributed by atoms with Crippen LogP contribution in [0.1, 0.15) is 47.8 Å². The number of amides is 1. The quantitative estimate of drug-likeness (QED) is 0.808. The van der Waals surface area contributed by atoms with E-state index in [4.69, 9.17) is 0 Å². The average Bonchev–Trinajstić information content (AvgIpc) is 2.84. The summed E-state index contributed by atoms with van der Waals surface area (Å²) >= 11 is 0. The fourth-order valence-electron chi connectivity index (χ4n) is 3.04. The van der Waals surface area contributed by atoms with Gasteiger partial charge in [0.05, 0.1) is 6.10 Å². The number of aliphatic hydroxyl groups is 1. The van der Waals surface area contributed by atoms with E-state index in [1.165, 1.54) is 29.5 Å². The van der Waals surface area contributed by atoms with E-state index in [-0.39, 0.29) is 12.0 Å². The third-order valence-corrected chi connectivity index (χ3v) is 4.21. The van der Waals surface area contributed by atoms with Crippen molar-refractivity contribution >= 4 is 16.8 Å². The van der Waals surface area contributed by atoms with Gasteiger partial charge in [-0.15, -0.1) is 0 Å². The normalized spacial score (nSPS) is 15.7. The number of aryl methyl sites for hydroxylation is 2. The van der Waals surface area contributed by atoms with Gasteiger partial charge in [-0.25, -0.2) is 0 Å². The number of aromatic amines is 1. The Morgan fingerprint density at radius 2 is 2.19 bits per heavy atom. The molecule has 1 aliphatic carbocycles. The van der Waals surface area contributed by atoms with E-state index in [1.807, 2.05) is 18.2 Å². The molecular weight excluding hydrogens is 264 g/mol. The van der Waals surface area contributed by atoms with Crippen LogP contribution in [0.4, 0.5) is 0 Å². The van der Waals surface area contributed by atoms with Gasteiger partial charge in [0.1, 0.15) is 0 Å². The van der Waals surface area contributed by atoms with Crippen LogP contribution in [0.5, 0.6) is 0 Å². The number of hydrogen-bond acceptors (Lipinski definition) is 2. The Morgan fingerprint density at radius 1 is 1.38 bits per heavy atom. The fraction of sp³-hybridized carbons (Fsp3) is 0.471. The molecule has 112 valence electrons. The first-order chi connectivity index (χ1) is 10.1. The van der Waals surface area contributed by atoms with E-state index in [2.05, 4.69) is 10.3 Å². The molecule has 3 N–H and O–H groups in total. The lowest BCUT2D eigenvalue weighted by Gasteiger charge is -2.10. The van der Waals surface area contributed by atoms with Gasteiger partial charge in [0.2, 0.25) is 0 Å². The zero-order valence-electron chi connectivity index (χ0n) is 12.4. The van der Waals surface area contributed by atoms with Crippen molar-refractivity contribution in [3.8, 4) is 0 Å². The van der Waals surface area contributed by atoms with Gasteiger partial charge in [0, 0.05) is 28.7 Å². The van der Waals surface area contributed by atoms with Gasteiger partial charge < -0.3 is 15.4 Å². The smallest absolute Gasteiger partial charge is 0.251 e. The largest absolute Gasteiger partial charge is 0.393 e. The van der Waals surface area contributed by atoms with E-state index in [9.17, 15) is 9.90 Å². The standard InChI is InChI=1S/C17H22N2O2/c1-11(20)8-9-18-17(21)12-6-7-16-14(10-12)13-4-2-3-5-15(13)19-16/h6-7,10-11,19-20H,2-5,8-9H2,1H3,(H,18,21). The highest BCUT2D eigenvalue weighted by atomic mass is 16.3. The minimum Gasteiger partial charge on any atom is -0.393 e. The Balaban J connectivity index is 1.81. The highest BCUT2D eigenvalue weighted by molar-refractivity contribution is 5.99. The Bertz CT molecular complexity index is 658. The van der Waals surface area contributed by atoms with Crippen LogP contribution in [0.2, 0.25) is 0 Å². The monoisotopic (exact) mass is 286 g/mol. The first-order valence-corrected chi connectivity index (χ1v) is 7.75. The molecule has 1 aromatic heterocycles. The number of carbonyl (C=O) groups is 1. The van der Waals surface area contributed by atoms with Crippen molar-refractivity contribution in [2.24, 2.45) is 0 Å². The molecule has 2 aromatic rings. The Morgan fingerprint density at radius 3 is 3.00 bits per heavy atom. The van der Waals surface area contributed by atoms with Crippen molar-refractivity contribution < 1.29 is 9.90 Å². The molecule has 4 nitrogen and oxygen atoms in total. The predicted molar refractivity (Wildman–Crippen MR) is 83.6 cm³/mol. The molecular formula is C17H22N2O2. The summed E-state index contributed by atoms with van der Waals surface area (Å²) in [7, 11) is 0. The van der Waals surface area contributed by atoms with Crippen LogP contribution in [-0.2, 0) is 12.8 Å². The molecule has 0 saturated heterocycles. The number of fused-ring (bicyclic) bond motifs is 3. The van der Waals surface area contributed by atoms with Gasteiger partial charge in [0.25, 0.3) is 5.91 Å². The number of H-pyrrole nitrogens is 1. The van der Waals surface area contributed by atoms with Crippen LogP contribution in [0.25, 0.3) is 10.9 Å². The molecule has 0 aliphatic heterocycles. The van der Waals surface area contributed by atoms with Crippen LogP contribution < -0.4 is 5.32 Å². The molecule has 4 heteroatoms. The number of carbonyl (C=O) groups excluding carboxylic acids is 1. The van der Waals surface area contributed by atoms with E-state index in [0.717, 1.165) is 18.4 Å². The Hall–Kier alpha value is -1.81. The topological polar surface area (TPSA) is 65.1 Å². The number of aliphatic hydroxyl groups excluding tert-OH is 1. The lowest BCUT2D eigenvalue weighted by atomic mass is 9.95. The van der Waals surface area contributed by atoms with Crippen molar-refractivity contribution in [1.29, 1.82) is 0 Å². The van der Waals surface area contributed by atoms with E-state index < -0.39 is 0 Å². The van der Waals surface area contributed by atoms with Crippen LogP contribution in [0, 0.1) is 0 Å². The first kappa shape index (κ1) is 14.1. The predicted octanol–water partition coefficient (Wildman–Crippen LogP) is 2.55. The van der Waals surface area contributed by atoms with Crippen molar-refractivity contribution in [3.05, 3.63) is 35.0 Å². The molecule has 0 saturated carbocycles. The lowest BCUT2D eigenvalue weighted by molar-refractivity contribution is 0.0945. The van der Waals surface area contributed by atoms with Gasteiger partial charge in [-0.05, 0) is 62.8 Å². The number of nitrogens with one attached hydrogen (secondary N) is 2. The average molecular weight is 286 g/mol. The Kier molecular flexibility index (Phi) is 3.97. The maximum atomic E-state index is 12.2. The molecule has 0 fully saturated rings. The van der Waals surface area contributed by atoms with E-state index in [0.29, 0.717) is 18.5 Å². The summed E-state index contributed by atoms with van der Waals surface area (Å²) in [4.78, 5) is 15.6. The molecule has 1 amide bonds. The van der Waals surface area contributed by atoms with Crippen LogP contribution in [0.15, 0.2) is 18.2 Å². The molecule has 0 bridgehead atoms. The van der Waals surface area contributed by atoms with Crippen molar-refractivity contribution in [2.75, 3.05) is 6.54 Å². The molecule has 0 radical (unpaired) electrons. The van der Waals surface area contributed by atoms with Gasteiger partial charge >= 0.3 is 0 Å². The van der Waals surface area contributed by atoms with Gasteiger partial charge in [-0.2, -0.15) is 0 Å². The maximum Gasteiger partial charge on any atom is 0.251 e. The zero-order valence-corrected chi connectivity index (χ0v) is 12.4. The van der Waals surface area contributed by atoms with Gasteiger partial charge in [0.15, 0.2) is 0 Å². The van der Waals surface area contributed by atoms with Crippen molar-refractivity contribution in [3.63, 3.8) is 0 Å². The summed E-state index contributed by atoms with van der Waals surface area (Å²) < 4.78 is 0. The SMILES string of the molecule is CC(O)CCNC(=O)c1ccc2[nH]c3c(c2c1)CCCC3. The molecule has 1 aliphatic rings. The summed E-state index contributed by atoms with van der Waals surface area (Å²) in [5, 5.41) is 13.3. The minimum atomic E-state index is -0.385. The molecule has 0 spiro atoms. The number of rotatable bonds is 4. The van der Waals surface area contributed by atoms with Crippen molar-refractivity contribution in [2.45, 2.75) is 45.1 Å². The number of aromatic nitrogens is 1. The second kappa shape index (κ2) is 5.90. The van der Waals surface area contributed by atoms with E-state index >= 15 is 0 Å². The lowest BCUT2D eigenvalue weighted by Crippen LogP contribution is -2.26. The maximum absolute atomic E-state index is 12.2. The second-order valence-electron chi connectivity index (χ2n) is 5.94. The van der Waals surface area contributed by atoms with Gasteiger partial charge in [-0.3, -0.25) is 4.79 Å². The molecule has 1 aromatic carbocycles. The Labute approximate surface area is 124 Å². The minimum absolute atomic E-state index is 0.0664. The third-order valence-electron chi connectivity index (χ3n) is 4.21. The fourth-order valence-corrected chi connectivity index (χ4v) is 3.04. The van der Waals surface area contributed by atoms with Gasteiger partial charge in [-0.1, -0.05) is 0 Å². The van der Waals surface area contributed by atoms with Crippen LogP contribution in [-0.4, -0.2) is 28.6 Å². The molecule has 21 heavy (non-hydrogen) atoms. The zero-order chi connectivity index (χ0) is 14.8. The molecule has 1 atom stereocenters. The highest BCUT2D eigenvalue weighted by Gasteiger charge is 2.16. The summed E-state index contributed by atoms with van der Waals surface area (Å²) in [5.74, 6) is -0.0664. The summed E-state index contributed by atoms with van der Waals surface area (Å²) in [6, 6.07) is 5.85. The second-order valence-corrected chi connectivity index (χ2v) is 5.94. The summed E-state index contributed by atoms with van der Waals surface area (Å²) in [5.41, 5.74) is 4.54. The molecule has 1 heterocycles. The highest BCUT2D eigenvalue weighted by Crippen LogP contribution is 2.29. The molecule has 1 unspecified atom stereocenters. The van der Waals surface area contributed by atoms with Crippen LogP contribution >= 0.6 is 0 Å². The third kappa shape index (κ3) is 2.95. The number of hydrogen-bond donors (Lipinski definition) is 3. The van der Waals surface area contributed by atoms with E-state index in [1.54, 1.807) is 6.92 Å². The number of benzene rings is 1. The molecule has 3 rings (SSSR count). The summed E-state index contributed by atoms with van der Waals surface area (Å²) in [6.07, 6.45) is 4.87. The van der Waals surface area contributed by atoms with Crippen molar-refractivity contribution in [1.82, 2.24) is 10.3 Å². The first-order valence-electron chi connectivity index (χ1n) is 7.75. The summed E-state index contributed by atoms with van der Waals surface area (Å²) in [6.45, 7) is 2.23.